The Kier molecular flexibility index (Phi) is 4.88. The second kappa shape index (κ2) is 6.48. The molecule has 1 aromatic rings. The number of benzene rings is 1. The number of amides is 2. The summed E-state index contributed by atoms with van der Waals surface area (Å²) in [5.74, 6) is 0.0574. The standard InChI is InChI=1S/C17H26N2O2/c1-12-6-4-5-7-15(12)17(8-9-17)11-18-16(21)19-14(3)13(2)10-20/h4-7,13-14,20H,8-11H2,1-3H3,(H2,18,19,21). The van der Waals surface area contributed by atoms with E-state index in [0.29, 0.717) is 6.54 Å². The lowest BCUT2D eigenvalue weighted by atomic mass is 9.92. The minimum atomic E-state index is -0.150. The van der Waals surface area contributed by atoms with Crippen LogP contribution in [0.2, 0.25) is 0 Å². The zero-order chi connectivity index (χ0) is 15.5. The number of rotatable bonds is 6. The normalized spacial score (nSPS) is 18.7. The molecule has 0 bridgehead atoms. The predicted molar refractivity (Wildman–Crippen MR) is 84.3 cm³/mol. The predicted octanol–water partition coefficient (Wildman–Crippen LogP) is 2.34. The first-order valence-corrected chi connectivity index (χ1v) is 7.70. The van der Waals surface area contributed by atoms with Crippen LogP contribution in [0, 0.1) is 12.8 Å². The largest absolute Gasteiger partial charge is 0.396 e. The molecule has 116 valence electrons. The fourth-order valence-electron chi connectivity index (χ4n) is 2.67. The summed E-state index contributed by atoms with van der Waals surface area (Å²) in [5, 5.41) is 15.0. The third-order valence-corrected chi connectivity index (χ3v) is 4.66. The Morgan fingerprint density at radius 2 is 2.00 bits per heavy atom. The lowest BCUT2D eigenvalue weighted by molar-refractivity contribution is 0.200. The van der Waals surface area contributed by atoms with Gasteiger partial charge in [-0.05, 0) is 43.7 Å². The lowest BCUT2D eigenvalue weighted by Crippen LogP contribution is -2.46. The SMILES string of the molecule is Cc1ccccc1C1(CNC(=O)NC(C)C(C)CO)CC1. The zero-order valence-corrected chi connectivity index (χ0v) is 13.1. The van der Waals surface area contributed by atoms with Gasteiger partial charge in [-0.3, -0.25) is 0 Å². The first-order valence-electron chi connectivity index (χ1n) is 7.70. The summed E-state index contributed by atoms with van der Waals surface area (Å²) >= 11 is 0. The molecule has 1 fully saturated rings. The number of aliphatic hydroxyl groups is 1. The number of urea groups is 1. The van der Waals surface area contributed by atoms with Crippen molar-refractivity contribution >= 4 is 6.03 Å². The molecule has 1 saturated carbocycles. The minimum Gasteiger partial charge on any atom is -0.396 e. The van der Waals surface area contributed by atoms with Crippen LogP contribution < -0.4 is 10.6 Å². The van der Waals surface area contributed by atoms with Gasteiger partial charge in [0.15, 0.2) is 0 Å². The van der Waals surface area contributed by atoms with Crippen LogP contribution in [0.3, 0.4) is 0 Å². The molecule has 1 aliphatic rings. The number of hydrogen-bond acceptors (Lipinski definition) is 2. The van der Waals surface area contributed by atoms with Gasteiger partial charge in [0.2, 0.25) is 0 Å². The van der Waals surface area contributed by atoms with Gasteiger partial charge < -0.3 is 15.7 Å². The maximum absolute atomic E-state index is 12.0. The van der Waals surface area contributed by atoms with E-state index in [0.717, 1.165) is 12.8 Å². The molecule has 2 unspecified atom stereocenters. The van der Waals surface area contributed by atoms with Crippen LogP contribution in [-0.4, -0.2) is 30.3 Å². The van der Waals surface area contributed by atoms with E-state index in [1.54, 1.807) is 0 Å². The number of carbonyl (C=O) groups is 1. The highest BCUT2D eigenvalue weighted by Gasteiger charge is 2.45. The Hall–Kier alpha value is -1.55. The Bertz CT molecular complexity index is 497. The summed E-state index contributed by atoms with van der Waals surface area (Å²) in [6, 6.07) is 8.21. The van der Waals surface area contributed by atoms with E-state index in [9.17, 15) is 4.79 Å². The summed E-state index contributed by atoms with van der Waals surface area (Å²) in [6.07, 6.45) is 2.25. The summed E-state index contributed by atoms with van der Waals surface area (Å²) in [5.41, 5.74) is 2.76. The quantitative estimate of drug-likeness (QED) is 0.753. The van der Waals surface area contributed by atoms with Gasteiger partial charge in [0, 0.05) is 24.6 Å². The first-order chi connectivity index (χ1) is 9.98. The van der Waals surface area contributed by atoms with Crippen LogP contribution in [0.4, 0.5) is 4.79 Å². The van der Waals surface area contributed by atoms with Crippen molar-refractivity contribution in [1.29, 1.82) is 0 Å². The van der Waals surface area contributed by atoms with Crippen LogP contribution in [-0.2, 0) is 5.41 Å². The van der Waals surface area contributed by atoms with E-state index in [-0.39, 0.29) is 30.0 Å². The third kappa shape index (κ3) is 3.76. The maximum Gasteiger partial charge on any atom is 0.315 e. The van der Waals surface area contributed by atoms with Gasteiger partial charge in [0.1, 0.15) is 0 Å². The molecule has 1 aliphatic carbocycles. The van der Waals surface area contributed by atoms with Crippen molar-refractivity contribution in [1.82, 2.24) is 10.6 Å². The molecular weight excluding hydrogens is 264 g/mol. The molecule has 1 aromatic carbocycles. The van der Waals surface area contributed by atoms with Gasteiger partial charge in [-0.25, -0.2) is 4.79 Å². The maximum atomic E-state index is 12.0. The fourth-order valence-corrected chi connectivity index (χ4v) is 2.67. The van der Waals surface area contributed by atoms with E-state index >= 15 is 0 Å². The molecule has 0 spiro atoms. The highest BCUT2D eigenvalue weighted by Crippen LogP contribution is 2.48. The van der Waals surface area contributed by atoms with Gasteiger partial charge in [-0.15, -0.1) is 0 Å². The Morgan fingerprint density at radius 3 is 2.57 bits per heavy atom. The van der Waals surface area contributed by atoms with E-state index < -0.39 is 0 Å². The van der Waals surface area contributed by atoms with Crippen LogP contribution in [0.25, 0.3) is 0 Å². The molecule has 0 heterocycles. The summed E-state index contributed by atoms with van der Waals surface area (Å²) in [4.78, 5) is 12.0. The van der Waals surface area contributed by atoms with E-state index in [1.165, 1.54) is 11.1 Å². The zero-order valence-electron chi connectivity index (χ0n) is 13.1. The molecule has 0 aromatic heterocycles. The average molecular weight is 290 g/mol. The minimum absolute atomic E-state index is 0.0383. The lowest BCUT2D eigenvalue weighted by Gasteiger charge is -2.22. The van der Waals surface area contributed by atoms with Crippen LogP contribution in [0.1, 0.15) is 37.8 Å². The van der Waals surface area contributed by atoms with Crippen molar-refractivity contribution in [3.63, 3.8) is 0 Å². The molecule has 2 amide bonds. The van der Waals surface area contributed by atoms with Crippen LogP contribution >= 0.6 is 0 Å². The molecule has 2 rings (SSSR count). The highest BCUT2D eigenvalue weighted by atomic mass is 16.3. The third-order valence-electron chi connectivity index (χ3n) is 4.66. The van der Waals surface area contributed by atoms with Crippen molar-refractivity contribution in [2.75, 3.05) is 13.2 Å². The molecule has 3 N–H and O–H groups in total. The van der Waals surface area contributed by atoms with Gasteiger partial charge in [0.05, 0.1) is 0 Å². The molecule has 0 aliphatic heterocycles. The number of aliphatic hydroxyl groups excluding tert-OH is 1. The number of carbonyl (C=O) groups excluding carboxylic acids is 1. The molecule has 0 radical (unpaired) electrons. The second-order valence-corrected chi connectivity index (χ2v) is 6.37. The topological polar surface area (TPSA) is 61.4 Å². The highest BCUT2D eigenvalue weighted by molar-refractivity contribution is 5.74. The van der Waals surface area contributed by atoms with E-state index in [1.807, 2.05) is 19.9 Å². The van der Waals surface area contributed by atoms with Gasteiger partial charge in [0.25, 0.3) is 0 Å². The molecule has 21 heavy (non-hydrogen) atoms. The van der Waals surface area contributed by atoms with Crippen molar-refractivity contribution in [2.45, 2.75) is 45.1 Å². The molecular formula is C17H26N2O2. The van der Waals surface area contributed by atoms with Crippen molar-refractivity contribution in [3.05, 3.63) is 35.4 Å². The summed E-state index contributed by atoms with van der Waals surface area (Å²) in [6.45, 7) is 6.70. The fraction of sp³-hybridized carbons (Fsp3) is 0.588. The summed E-state index contributed by atoms with van der Waals surface area (Å²) in [7, 11) is 0. The van der Waals surface area contributed by atoms with Crippen molar-refractivity contribution in [3.8, 4) is 0 Å². The number of nitrogens with one attached hydrogen (secondary N) is 2. The molecule has 2 atom stereocenters. The van der Waals surface area contributed by atoms with Gasteiger partial charge in [-0.2, -0.15) is 0 Å². The van der Waals surface area contributed by atoms with Crippen LogP contribution in [0.15, 0.2) is 24.3 Å². The Balaban J connectivity index is 1.88. The molecule has 0 saturated heterocycles. The van der Waals surface area contributed by atoms with Gasteiger partial charge in [-0.1, -0.05) is 31.2 Å². The Labute approximate surface area is 126 Å². The number of hydrogen-bond donors (Lipinski definition) is 3. The average Bonchev–Trinajstić information content (AvgIpc) is 3.25. The molecule has 4 heteroatoms. The monoisotopic (exact) mass is 290 g/mol. The second-order valence-electron chi connectivity index (χ2n) is 6.37. The van der Waals surface area contributed by atoms with Crippen molar-refractivity contribution < 1.29 is 9.90 Å². The van der Waals surface area contributed by atoms with Gasteiger partial charge >= 0.3 is 6.03 Å². The molecule has 4 nitrogen and oxygen atoms in total. The summed E-state index contributed by atoms with van der Waals surface area (Å²) < 4.78 is 0. The number of aryl methyl sites for hydroxylation is 1. The van der Waals surface area contributed by atoms with Crippen molar-refractivity contribution in [2.24, 2.45) is 5.92 Å². The van der Waals surface area contributed by atoms with Crippen LogP contribution in [0.5, 0.6) is 0 Å². The van der Waals surface area contributed by atoms with E-state index in [4.69, 9.17) is 5.11 Å². The Morgan fingerprint density at radius 1 is 1.33 bits per heavy atom. The first kappa shape index (κ1) is 15.8. The smallest absolute Gasteiger partial charge is 0.315 e. The van der Waals surface area contributed by atoms with E-state index in [2.05, 4.69) is 35.8 Å².